The SMILES string of the molecule is COC(CCC1CC1)C(=O)O. The molecule has 0 aromatic heterocycles. The van der Waals surface area contributed by atoms with E-state index in [1.807, 2.05) is 0 Å². The standard InChI is InChI=1S/C8H14O3/c1-11-7(8(9)10)5-4-6-2-3-6/h6-7H,2-5H2,1H3,(H,9,10). The van der Waals surface area contributed by atoms with Crippen LogP contribution in [0.5, 0.6) is 0 Å². The maximum atomic E-state index is 10.4. The van der Waals surface area contributed by atoms with Crippen molar-refractivity contribution in [2.75, 3.05) is 7.11 Å². The highest BCUT2D eigenvalue weighted by atomic mass is 16.5. The summed E-state index contributed by atoms with van der Waals surface area (Å²) in [7, 11) is 1.45. The number of rotatable bonds is 5. The summed E-state index contributed by atoms with van der Waals surface area (Å²) in [5.41, 5.74) is 0. The van der Waals surface area contributed by atoms with E-state index in [0.717, 1.165) is 12.3 Å². The molecule has 1 aliphatic rings. The lowest BCUT2D eigenvalue weighted by Gasteiger charge is -2.08. The van der Waals surface area contributed by atoms with E-state index >= 15 is 0 Å². The molecule has 0 radical (unpaired) electrons. The molecule has 1 N–H and O–H groups in total. The minimum absolute atomic E-state index is 0.587. The van der Waals surface area contributed by atoms with Gasteiger partial charge in [-0.3, -0.25) is 0 Å². The minimum atomic E-state index is -0.840. The van der Waals surface area contributed by atoms with Crippen LogP contribution >= 0.6 is 0 Å². The molecule has 64 valence electrons. The number of carboxylic acids is 1. The molecule has 1 rings (SSSR count). The Balaban J connectivity index is 2.13. The highest BCUT2D eigenvalue weighted by molar-refractivity contribution is 5.72. The quantitative estimate of drug-likeness (QED) is 0.655. The highest BCUT2D eigenvalue weighted by Crippen LogP contribution is 2.34. The monoisotopic (exact) mass is 158 g/mol. The summed E-state index contributed by atoms with van der Waals surface area (Å²) in [6.45, 7) is 0. The number of hydrogen-bond donors (Lipinski definition) is 1. The van der Waals surface area contributed by atoms with Gasteiger partial charge in [0.25, 0.3) is 0 Å². The fourth-order valence-electron chi connectivity index (χ4n) is 1.14. The van der Waals surface area contributed by atoms with E-state index in [-0.39, 0.29) is 0 Å². The number of carboxylic acid groups (broad SMARTS) is 1. The van der Waals surface area contributed by atoms with Gasteiger partial charge < -0.3 is 9.84 Å². The molecule has 3 heteroatoms. The zero-order chi connectivity index (χ0) is 8.27. The Kier molecular flexibility index (Phi) is 2.88. The molecule has 0 bridgehead atoms. The molecule has 0 aromatic carbocycles. The van der Waals surface area contributed by atoms with Crippen molar-refractivity contribution in [3.8, 4) is 0 Å². The van der Waals surface area contributed by atoms with E-state index < -0.39 is 12.1 Å². The Bertz CT molecular complexity index is 140. The molecule has 1 atom stereocenters. The van der Waals surface area contributed by atoms with Crippen molar-refractivity contribution in [1.82, 2.24) is 0 Å². The predicted molar refractivity (Wildman–Crippen MR) is 40.4 cm³/mol. The van der Waals surface area contributed by atoms with Gasteiger partial charge in [-0.1, -0.05) is 12.8 Å². The summed E-state index contributed by atoms with van der Waals surface area (Å²) < 4.78 is 4.79. The molecule has 1 saturated carbocycles. The first-order chi connectivity index (χ1) is 5.24. The third-order valence-corrected chi connectivity index (χ3v) is 2.09. The van der Waals surface area contributed by atoms with Gasteiger partial charge in [-0.25, -0.2) is 4.79 Å². The first-order valence-corrected chi connectivity index (χ1v) is 3.99. The summed E-state index contributed by atoms with van der Waals surface area (Å²) in [6, 6.07) is 0. The van der Waals surface area contributed by atoms with Crippen molar-refractivity contribution in [1.29, 1.82) is 0 Å². The van der Waals surface area contributed by atoms with Gasteiger partial charge in [0.1, 0.15) is 0 Å². The number of aliphatic carboxylic acids is 1. The van der Waals surface area contributed by atoms with Crippen LogP contribution in [-0.4, -0.2) is 24.3 Å². The molecule has 11 heavy (non-hydrogen) atoms. The van der Waals surface area contributed by atoms with Crippen LogP contribution in [0.4, 0.5) is 0 Å². The van der Waals surface area contributed by atoms with Gasteiger partial charge in [0.2, 0.25) is 0 Å². The zero-order valence-electron chi connectivity index (χ0n) is 6.75. The molecule has 1 fully saturated rings. The van der Waals surface area contributed by atoms with Crippen LogP contribution < -0.4 is 0 Å². The lowest BCUT2D eigenvalue weighted by atomic mass is 10.1. The van der Waals surface area contributed by atoms with Crippen LogP contribution in [0.15, 0.2) is 0 Å². The largest absolute Gasteiger partial charge is 0.479 e. The number of carbonyl (C=O) groups is 1. The number of ether oxygens (including phenoxy) is 1. The lowest BCUT2D eigenvalue weighted by molar-refractivity contribution is -0.148. The normalized spacial score (nSPS) is 19.7. The Morgan fingerprint density at radius 1 is 1.73 bits per heavy atom. The fraction of sp³-hybridized carbons (Fsp3) is 0.875. The molecular weight excluding hydrogens is 144 g/mol. The third kappa shape index (κ3) is 2.89. The highest BCUT2D eigenvalue weighted by Gasteiger charge is 2.24. The van der Waals surface area contributed by atoms with Crippen molar-refractivity contribution in [2.45, 2.75) is 31.8 Å². The molecule has 1 aliphatic carbocycles. The van der Waals surface area contributed by atoms with E-state index in [4.69, 9.17) is 9.84 Å². The van der Waals surface area contributed by atoms with Crippen LogP contribution in [-0.2, 0) is 9.53 Å². The first kappa shape index (κ1) is 8.53. The van der Waals surface area contributed by atoms with E-state index in [0.29, 0.717) is 6.42 Å². The maximum absolute atomic E-state index is 10.4. The van der Waals surface area contributed by atoms with Crippen molar-refractivity contribution in [3.63, 3.8) is 0 Å². The van der Waals surface area contributed by atoms with Gasteiger partial charge in [-0.15, -0.1) is 0 Å². The van der Waals surface area contributed by atoms with Crippen molar-refractivity contribution in [3.05, 3.63) is 0 Å². The average molecular weight is 158 g/mol. The van der Waals surface area contributed by atoms with E-state index in [2.05, 4.69) is 0 Å². The molecular formula is C8H14O3. The second kappa shape index (κ2) is 3.72. The molecule has 0 heterocycles. The molecule has 1 unspecified atom stereocenters. The van der Waals surface area contributed by atoms with Crippen LogP contribution in [0, 0.1) is 5.92 Å². The lowest BCUT2D eigenvalue weighted by Crippen LogP contribution is -2.22. The molecule has 0 aliphatic heterocycles. The van der Waals surface area contributed by atoms with Gasteiger partial charge in [0, 0.05) is 7.11 Å². The van der Waals surface area contributed by atoms with Crippen LogP contribution in [0.3, 0.4) is 0 Å². The Morgan fingerprint density at radius 2 is 2.36 bits per heavy atom. The second-order valence-electron chi connectivity index (χ2n) is 3.08. The second-order valence-corrected chi connectivity index (χ2v) is 3.08. The molecule has 0 aromatic rings. The predicted octanol–water partition coefficient (Wildman–Crippen LogP) is 1.28. The number of methoxy groups -OCH3 is 1. The Labute approximate surface area is 66.4 Å². The van der Waals surface area contributed by atoms with Crippen LogP contribution in [0.25, 0.3) is 0 Å². The molecule has 0 spiro atoms. The van der Waals surface area contributed by atoms with Crippen molar-refractivity contribution in [2.24, 2.45) is 5.92 Å². The molecule has 0 saturated heterocycles. The van der Waals surface area contributed by atoms with Crippen LogP contribution in [0.1, 0.15) is 25.7 Å². The maximum Gasteiger partial charge on any atom is 0.332 e. The smallest absolute Gasteiger partial charge is 0.332 e. The van der Waals surface area contributed by atoms with Crippen molar-refractivity contribution < 1.29 is 14.6 Å². The van der Waals surface area contributed by atoms with Gasteiger partial charge >= 0.3 is 5.97 Å². The summed E-state index contributed by atoms with van der Waals surface area (Å²) in [6.07, 6.45) is 3.63. The van der Waals surface area contributed by atoms with Gasteiger partial charge in [-0.05, 0) is 18.8 Å². The Hall–Kier alpha value is -0.570. The number of hydrogen-bond acceptors (Lipinski definition) is 2. The minimum Gasteiger partial charge on any atom is -0.479 e. The van der Waals surface area contributed by atoms with Gasteiger partial charge in [-0.2, -0.15) is 0 Å². The van der Waals surface area contributed by atoms with Crippen LogP contribution in [0.2, 0.25) is 0 Å². The summed E-state index contributed by atoms with van der Waals surface area (Å²) in [5, 5.41) is 8.58. The van der Waals surface area contributed by atoms with E-state index in [9.17, 15) is 4.79 Å². The molecule has 0 amide bonds. The van der Waals surface area contributed by atoms with E-state index in [1.165, 1.54) is 20.0 Å². The fourth-order valence-corrected chi connectivity index (χ4v) is 1.14. The van der Waals surface area contributed by atoms with E-state index in [1.54, 1.807) is 0 Å². The summed E-state index contributed by atoms with van der Waals surface area (Å²) in [4.78, 5) is 10.4. The van der Waals surface area contributed by atoms with Gasteiger partial charge in [0.15, 0.2) is 6.10 Å². The zero-order valence-corrected chi connectivity index (χ0v) is 6.75. The summed E-state index contributed by atoms with van der Waals surface area (Å²) in [5.74, 6) is -0.0554. The topological polar surface area (TPSA) is 46.5 Å². The van der Waals surface area contributed by atoms with Gasteiger partial charge in [0.05, 0.1) is 0 Å². The average Bonchev–Trinajstić information content (AvgIpc) is 2.72. The van der Waals surface area contributed by atoms with Crippen molar-refractivity contribution >= 4 is 5.97 Å². The Morgan fingerprint density at radius 3 is 2.73 bits per heavy atom. The molecule has 3 nitrogen and oxygen atoms in total. The third-order valence-electron chi connectivity index (χ3n) is 2.09. The first-order valence-electron chi connectivity index (χ1n) is 3.99. The summed E-state index contributed by atoms with van der Waals surface area (Å²) >= 11 is 0.